The van der Waals surface area contributed by atoms with E-state index in [1.807, 2.05) is 56.3 Å². The van der Waals surface area contributed by atoms with Crippen LogP contribution in [0.1, 0.15) is 17.5 Å². The van der Waals surface area contributed by atoms with E-state index in [4.69, 9.17) is 4.74 Å². The molecule has 1 fully saturated rings. The third-order valence-electron chi connectivity index (χ3n) is 4.62. The minimum atomic E-state index is -0.522. The van der Waals surface area contributed by atoms with Crippen molar-refractivity contribution in [2.24, 2.45) is 5.92 Å². The van der Waals surface area contributed by atoms with Crippen LogP contribution in [0.2, 0.25) is 0 Å². The van der Waals surface area contributed by atoms with Crippen LogP contribution in [0.5, 0.6) is 5.75 Å². The first-order valence-electron chi connectivity index (χ1n) is 9.08. The summed E-state index contributed by atoms with van der Waals surface area (Å²) in [4.78, 5) is 38.0. The number of hydrogen-bond acceptors (Lipinski definition) is 4. The van der Waals surface area contributed by atoms with Gasteiger partial charge >= 0.3 is 0 Å². The van der Waals surface area contributed by atoms with Crippen molar-refractivity contribution in [1.29, 1.82) is 0 Å². The van der Waals surface area contributed by atoms with E-state index in [9.17, 15) is 14.4 Å². The van der Waals surface area contributed by atoms with Crippen LogP contribution >= 0.6 is 0 Å². The van der Waals surface area contributed by atoms with Gasteiger partial charge in [-0.2, -0.15) is 0 Å². The van der Waals surface area contributed by atoms with Crippen LogP contribution in [0.15, 0.2) is 48.5 Å². The second kappa shape index (κ2) is 8.56. The lowest BCUT2D eigenvalue weighted by molar-refractivity contribution is -0.132. The summed E-state index contributed by atoms with van der Waals surface area (Å²) in [5, 5.41) is 0. The minimum Gasteiger partial charge on any atom is -0.483 e. The van der Waals surface area contributed by atoms with Gasteiger partial charge < -0.3 is 9.64 Å². The molecule has 1 atom stereocenters. The molecule has 28 heavy (non-hydrogen) atoms. The summed E-state index contributed by atoms with van der Waals surface area (Å²) in [5.41, 5.74) is 7.49. The molecule has 1 aliphatic rings. The average Bonchev–Trinajstić information content (AvgIpc) is 3.08. The van der Waals surface area contributed by atoms with E-state index in [1.165, 1.54) is 0 Å². The first-order chi connectivity index (χ1) is 13.4. The van der Waals surface area contributed by atoms with E-state index >= 15 is 0 Å². The standard InChI is InChI=1S/C21H23N3O4/c1-14-7-9-17(10-8-14)24-12-16(11-20(24)26)21(27)23-22-19(25)13-28-18-6-4-3-5-15(18)2/h3-10,16H,11-13H2,1-2H3,(H,22,25)(H,23,27)/t16-/m1/s1. The second-order valence-corrected chi connectivity index (χ2v) is 6.83. The van der Waals surface area contributed by atoms with E-state index in [1.54, 1.807) is 11.0 Å². The second-order valence-electron chi connectivity index (χ2n) is 6.83. The maximum atomic E-state index is 12.3. The number of hydrazine groups is 1. The number of nitrogens with zero attached hydrogens (tertiary/aromatic N) is 1. The third-order valence-corrected chi connectivity index (χ3v) is 4.62. The van der Waals surface area contributed by atoms with Crippen molar-refractivity contribution < 1.29 is 19.1 Å². The van der Waals surface area contributed by atoms with Crippen molar-refractivity contribution in [2.45, 2.75) is 20.3 Å². The van der Waals surface area contributed by atoms with Crippen molar-refractivity contribution in [3.8, 4) is 5.75 Å². The Bertz CT molecular complexity index is 879. The van der Waals surface area contributed by atoms with Gasteiger partial charge in [0.2, 0.25) is 11.8 Å². The normalized spacial score (nSPS) is 16.0. The number of aryl methyl sites for hydroxylation is 2. The Labute approximate surface area is 163 Å². The molecule has 0 unspecified atom stereocenters. The van der Waals surface area contributed by atoms with Gasteiger partial charge in [0.25, 0.3) is 5.91 Å². The molecule has 0 aliphatic carbocycles. The maximum absolute atomic E-state index is 12.3. The Morgan fingerprint density at radius 1 is 1.07 bits per heavy atom. The van der Waals surface area contributed by atoms with Crippen LogP contribution in [-0.2, 0) is 14.4 Å². The first kappa shape index (κ1) is 19.4. The van der Waals surface area contributed by atoms with Gasteiger partial charge in [0.1, 0.15) is 5.75 Å². The number of nitrogens with one attached hydrogen (secondary N) is 2. The van der Waals surface area contributed by atoms with E-state index in [0.717, 1.165) is 16.8 Å². The zero-order valence-corrected chi connectivity index (χ0v) is 15.9. The lowest BCUT2D eigenvalue weighted by atomic mass is 10.1. The van der Waals surface area contributed by atoms with Crippen LogP contribution in [0.4, 0.5) is 5.69 Å². The fraction of sp³-hybridized carbons (Fsp3) is 0.286. The first-order valence-corrected chi connectivity index (χ1v) is 9.08. The molecule has 1 aliphatic heterocycles. The molecule has 2 aromatic rings. The lowest BCUT2D eigenvalue weighted by Crippen LogP contribution is -2.46. The Morgan fingerprint density at radius 2 is 1.79 bits per heavy atom. The molecular weight excluding hydrogens is 358 g/mol. The number of ether oxygens (including phenoxy) is 1. The molecule has 7 heteroatoms. The Morgan fingerprint density at radius 3 is 2.50 bits per heavy atom. The van der Waals surface area contributed by atoms with Gasteiger partial charge in [0.05, 0.1) is 5.92 Å². The summed E-state index contributed by atoms with van der Waals surface area (Å²) in [6.07, 6.45) is 0.106. The molecule has 2 aromatic carbocycles. The molecule has 7 nitrogen and oxygen atoms in total. The van der Waals surface area contributed by atoms with Crippen LogP contribution < -0.4 is 20.5 Å². The molecule has 3 rings (SSSR count). The van der Waals surface area contributed by atoms with Crippen LogP contribution in [0, 0.1) is 19.8 Å². The van der Waals surface area contributed by atoms with Crippen LogP contribution in [0.3, 0.4) is 0 Å². The molecular formula is C21H23N3O4. The molecule has 1 heterocycles. The zero-order valence-electron chi connectivity index (χ0n) is 15.9. The Hall–Kier alpha value is -3.35. The summed E-state index contributed by atoms with van der Waals surface area (Å²) in [7, 11) is 0. The minimum absolute atomic E-state index is 0.106. The predicted molar refractivity (Wildman–Crippen MR) is 105 cm³/mol. The topological polar surface area (TPSA) is 87.7 Å². The number of anilines is 1. The van der Waals surface area contributed by atoms with Gasteiger partial charge in [-0.05, 0) is 37.6 Å². The highest BCUT2D eigenvalue weighted by molar-refractivity contribution is 6.00. The highest BCUT2D eigenvalue weighted by Crippen LogP contribution is 2.25. The molecule has 1 saturated heterocycles. The summed E-state index contributed by atoms with van der Waals surface area (Å²) in [5.74, 6) is -0.896. The van der Waals surface area contributed by atoms with Crippen molar-refractivity contribution >= 4 is 23.4 Å². The number of para-hydroxylation sites is 1. The van der Waals surface area contributed by atoms with Crippen LogP contribution in [0.25, 0.3) is 0 Å². The number of rotatable bonds is 5. The van der Waals surface area contributed by atoms with E-state index in [-0.39, 0.29) is 25.5 Å². The molecule has 146 valence electrons. The van der Waals surface area contributed by atoms with E-state index < -0.39 is 17.7 Å². The molecule has 0 aromatic heterocycles. The molecule has 0 bridgehead atoms. The number of amides is 3. The van der Waals surface area contributed by atoms with Gasteiger partial charge in [-0.15, -0.1) is 0 Å². The van der Waals surface area contributed by atoms with Gasteiger partial charge in [0.15, 0.2) is 6.61 Å². The van der Waals surface area contributed by atoms with Gasteiger partial charge in [-0.25, -0.2) is 0 Å². The van der Waals surface area contributed by atoms with E-state index in [2.05, 4.69) is 10.9 Å². The summed E-state index contributed by atoms with van der Waals surface area (Å²) < 4.78 is 5.43. The highest BCUT2D eigenvalue weighted by atomic mass is 16.5. The molecule has 0 spiro atoms. The number of hydrogen-bond donors (Lipinski definition) is 2. The number of carbonyl (C=O) groups excluding carboxylic acids is 3. The monoisotopic (exact) mass is 381 g/mol. The Balaban J connectivity index is 1.47. The van der Waals surface area contributed by atoms with E-state index in [0.29, 0.717) is 5.75 Å². The largest absolute Gasteiger partial charge is 0.483 e. The Kier molecular flexibility index (Phi) is 5.93. The highest BCUT2D eigenvalue weighted by Gasteiger charge is 2.35. The average molecular weight is 381 g/mol. The zero-order chi connectivity index (χ0) is 20.1. The summed E-state index contributed by atoms with van der Waals surface area (Å²) in [6.45, 7) is 3.91. The fourth-order valence-corrected chi connectivity index (χ4v) is 2.99. The van der Waals surface area contributed by atoms with Crippen molar-refractivity contribution in [1.82, 2.24) is 10.9 Å². The molecule has 0 saturated carbocycles. The summed E-state index contributed by atoms with van der Waals surface area (Å²) in [6, 6.07) is 14.9. The van der Waals surface area contributed by atoms with Gasteiger partial charge in [-0.1, -0.05) is 35.9 Å². The fourth-order valence-electron chi connectivity index (χ4n) is 2.99. The number of carbonyl (C=O) groups is 3. The quantitative estimate of drug-likeness (QED) is 0.774. The van der Waals surface area contributed by atoms with Crippen molar-refractivity contribution in [2.75, 3.05) is 18.1 Å². The lowest BCUT2D eigenvalue weighted by Gasteiger charge is -2.17. The van der Waals surface area contributed by atoms with Crippen LogP contribution in [-0.4, -0.2) is 30.9 Å². The van der Waals surface area contributed by atoms with Gasteiger partial charge in [0, 0.05) is 18.7 Å². The molecule has 2 N–H and O–H groups in total. The molecule has 3 amide bonds. The predicted octanol–water partition coefficient (Wildman–Crippen LogP) is 1.88. The number of benzene rings is 2. The van der Waals surface area contributed by atoms with Crippen molar-refractivity contribution in [3.63, 3.8) is 0 Å². The smallest absolute Gasteiger partial charge is 0.276 e. The maximum Gasteiger partial charge on any atom is 0.276 e. The summed E-state index contributed by atoms with van der Waals surface area (Å²) >= 11 is 0. The SMILES string of the molecule is Cc1ccc(N2C[C@H](C(=O)NNC(=O)COc3ccccc3C)CC2=O)cc1. The van der Waals surface area contributed by atoms with Gasteiger partial charge in [-0.3, -0.25) is 25.2 Å². The third kappa shape index (κ3) is 4.68. The molecule has 0 radical (unpaired) electrons. The van der Waals surface area contributed by atoms with Crippen molar-refractivity contribution in [3.05, 3.63) is 59.7 Å².